The largest absolute Gasteiger partial charge is 0.573 e. The van der Waals surface area contributed by atoms with Crippen LogP contribution >= 0.6 is 0 Å². The normalized spacial score (nSPS) is 12.4. The van der Waals surface area contributed by atoms with Crippen LogP contribution in [0.25, 0.3) is 0 Å². The number of carbonyl (C=O) groups is 1. The van der Waals surface area contributed by atoms with Gasteiger partial charge in [-0.2, -0.15) is 0 Å². The first kappa shape index (κ1) is 19.5. The van der Waals surface area contributed by atoms with Crippen molar-refractivity contribution in [1.29, 1.82) is 0 Å². The minimum Gasteiger partial charge on any atom is -0.406 e. The third-order valence-electron chi connectivity index (χ3n) is 4.10. The summed E-state index contributed by atoms with van der Waals surface area (Å²) in [5, 5.41) is 2.83. The molecule has 0 spiro atoms. The van der Waals surface area contributed by atoms with Crippen molar-refractivity contribution in [2.24, 2.45) is 0 Å². The molecule has 5 nitrogen and oxygen atoms in total. The Morgan fingerprint density at radius 3 is 2.39 bits per heavy atom. The van der Waals surface area contributed by atoms with E-state index >= 15 is 0 Å². The zero-order valence-corrected chi connectivity index (χ0v) is 15.0. The van der Waals surface area contributed by atoms with Gasteiger partial charge in [0.25, 0.3) is 5.91 Å². The first-order chi connectivity index (χ1) is 13.3. The van der Waals surface area contributed by atoms with Gasteiger partial charge in [-0.3, -0.25) is 4.79 Å². The number of nitrogens with zero attached hydrogens (tertiary/aromatic N) is 2. The number of alkyl halides is 3. The topological polar surface area (TPSA) is 56.2 Å². The Bertz CT molecular complexity index is 905. The zero-order chi connectivity index (χ0) is 20.1. The van der Waals surface area contributed by atoms with Crippen molar-refractivity contribution < 1.29 is 22.7 Å². The van der Waals surface area contributed by atoms with Gasteiger partial charge in [-0.15, -0.1) is 13.2 Å². The first-order valence-corrected chi connectivity index (χ1v) is 8.51. The van der Waals surface area contributed by atoms with Gasteiger partial charge in [0.1, 0.15) is 5.75 Å². The van der Waals surface area contributed by atoms with E-state index in [4.69, 9.17) is 0 Å². The summed E-state index contributed by atoms with van der Waals surface area (Å²) >= 11 is 0. The summed E-state index contributed by atoms with van der Waals surface area (Å²) < 4.78 is 42.4. The number of carbonyl (C=O) groups excluding carboxylic acids is 1. The molecule has 1 unspecified atom stereocenters. The fourth-order valence-electron chi connectivity index (χ4n) is 2.67. The van der Waals surface area contributed by atoms with Crippen LogP contribution in [0.4, 0.5) is 13.2 Å². The Morgan fingerprint density at radius 2 is 1.82 bits per heavy atom. The van der Waals surface area contributed by atoms with Crippen molar-refractivity contribution in [2.75, 3.05) is 0 Å². The van der Waals surface area contributed by atoms with E-state index in [9.17, 15) is 18.0 Å². The highest BCUT2D eigenvalue weighted by Crippen LogP contribution is 2.24. The molecule has 146 valence electrons. The lowest BCUT2D eigenvalue weighted by atomic mass is 10.1. The van der Waals surface area contributed by atoms with Crippen molar-refractivity contribution >= 4 is 5.91 Å². The van der Waals surface area contributed by atoms with Crippen LogP contribution in [-0.2, 0) is 6.54 Å². The third-order valence-corrected chi connectivity index (χ3v) is 4.10. The number of halogens is 3. The molecule has 3 aromatic rings. The quantitative estimate of drug-likeness (QED) is 0.683. The number of imidazole rings is 1. The van der Waals surface area contributed by atoms with Gasteiger partial charge in [0.15, 0.2) is 0 Å². The number of rotatable bonds is 6. The molecular formula is C20H18F3N3O2. The predicted octanol–water partition coefficient (Wildman–Crippen LogP) is 4.32. The van der Waals surface area contributed by atoms with E-state index in [0.29, 0.717) is 17.7 Å². The molecule has 0 saturated heterocycles. The summed E-state index contributed by atoms with van der Waals surface area (Å²) in [5.74, 6) is -0.569. The number of benzene rings is 2. The molecule has 0 aliphatic rings. The van der Waals surface area contributed by atoms with E-state index in [1.54, 1.807) is 31.6 Å². The van der Waals surface area contributed by atoms with Gasteiger partial charge in [-0.05, 0) is 42.3 Å². The van der Waals surface area contributed by atoms with Crippen molar-refractivity contribution in [1.82, 2.24) is 14.9 Å². The van der Waals surface area contributed by atoms with Gasteiger partial charge in [-0.25, -0.2) is 4.98 Å². The maximum Gasteiger partial charge on any atom is 0.573 e. The van der Waals surface area contributed by atoms with Crippen molar-refractivity contribution in [3.8, 4) is 5.75 Å². The lowest BCUT2D eigenvalue weighted by molar-refractivity contribution is -0.274. The summed E-state index contributed by atoms with van der Waals surface area (Å²) in [6, 6.07) is 12.2. The standard InChI is InChI=1S/C20H18F3N3O2/c1-14(16-6-8-18(9-7-16)28-20(21,22)23)25-19(27)17-4-2-15(3-5-17)12-26-11-10-24-13-26/h2-11,13-14H,12H2,1H3,(H,25,27). The summed E-state index contributed by atoms with van der Waals surface area (Å²) in [5.41, 5.74) is 2.20. The molecule has 1 atom stereocenters. The first-order valence-electron chi connectivity index (χ1n) is 8.51. The minimum atomic E-state index is -4.73. The molecule has 1 N–H and O–H groups in total. The van der Waals surface area contributed by atoms with Crippen LogP contribution in [0.3, 0.4) is 0 Å². The Balaban J connectivity index is 1.59. The molecule has 0 radical (unpaired) electrons. The minimum absolute atomic E-state index is 0.266. The van der Waals surface area contributed by atoms with E-state index in [-0.39, 0.29) is 17.7 Å². The van der Waals surface area contributed by atoms with Crippen LogP contribution in [0.5, 0.6) is 5.75 Å². The molecule has 0 saturated carbocycles. The lowest BCUT2D eigenvalue weighted by Gasteiger charge is -2.16. The van der Waals surface area contributed by atoms with Crippen molar-refractivity contribution in [2.45, 2.75) is 25.9 Å². The van der Waals surface area contributed by atoms with E-state index in [1.807, 2.05) is 22.9 Å². The Morgan fingerprint density at radius 1 is 1.14 bits per heavy atom. The van der Waals surface area contributed by atoms with Gasteiger partial charge in [0.05, 0.1) is 12.4 Å². The zero-order valence-electron chi connectivity index (χ0n) is 15.0. The van der Waals surface area contributed by atoms with Crippen LogP contribution in [0.2, 0.25) is 0 Å². The summed E-state index contributed by atoms with van der Waals surface area (Å²) in [6.45, 7) is 2.41. The van der Waals surface area contributed by atoms with Crippen LogP contribution in [0.1, 0.15) is 34.5 Å². The second kappa shape index (κ2) is 8.16. The molecule has 1 aromatic heterocycles. The molecule has 0 aliphatic carbocycles. The van der Waals surface area contributed by atoms with Gasteiger partial charge < -0.3 is 14.6 Å². The molecule has 0 aliphatic heterocycles. The number of aromatic nitrogens is 2. The molecule has 0 bridgehead atoms. The number of amides is 1. The molecule has 1 heterocycles. The number of ether oxygens (including phenoxy) is 1. The summed E-state index contributed by atoms with van der Waals surface area (Å²) in [6.07, 6.45) is 0.539. The van der Waals surface area contributed by atoms with E-state index in [0.717, 1.165) is 5.56 Å². The monoisotopic (exact) mass is 389 g/mol. The third kappa shape index (κ3) is 5.35. The second-order valence-corrected chi connectivity index (χ2v) is 6.24. The summed E-state index contributed by atoms with van der Waals surface area (Å²) in [4.78, 5) is 16.4. The van der Waals surface area contributed by atoms with E-state index in [2.05, 4.69) is 15.0 Å². The smallest absolute Gasteiger partial charge is 0.406 e. The maximum atomic E-state index is 12.4. The molecule has 28 heavy (non-hydrogen) atoms. The molecule has 2 aromatic carbocycles. The molecule has 0 fully saturated rings. The summed E-state index contributed by atoms with van der Waals surface area (Å²) in [7, 11) is 0. The van der Waals surface area contributed by atoms with Crippen molar-refractivity contribution in [3.05, 3.63) is 83.9 Å². The maximum absolute atomic E-state index is 12.4. The molecule has 3 rings (SSSR count). The van der Waals surface area contributed by atoms with Gasteiger partial charge >= 0.3 is 6.36 Å². The Labute approximate surface area is 159 Å². The lowest BCUT2D eigenvalue weighted by Crippen LogP contribution is -2.26. The molecular weight excluding hydrogens is 371 g/mol. The highest BCUT2D eigenvalue weighted by atomic mass is 19.4. The highest BCUT2D eigenvalue weighted by Gasteiger charge is 2.31. The van der Waals surface area contributed by atoms with Crippen LogP contribution in [0, 0.1) is 0 Å². The van der Waals surface area contributed by atoms with Crippen LogP contribution < -0.4 is 10.1 Å². The Hall–Kier alpha value is -3.29. The van der Waals surface area contributed by atoms with E-state index < -0.39 is 6.36 Å². The SMILES string of the molecule is CC(NC(=O)c1ccc(Cn2ccnc2)cc1)c1ccc(OC(F)(F)F)cc1. The van der Waals surface area contributed by atoms with Gasteiger partial charge in [-0.1, -0.05) is 24.3 Å². The highest BCUT2D eigenvalue weighted by molar-refractivity contribution is 5.94. The predicted molar refractivity (Wildman–Crippen MR) is 96.8 cm³/mol. The van der Waals surface area contributed by atoms with Crippen molar-refractivity contribution in [3.63, 3.8) is 0 Å². The second-order valence-electron chi connectivity index (χ2n) is 6.24. The Kier molecular flexibility index (Phi) is 5.67. The fourth-order valence-corrected chi connectivity index (χ4v) is 2.67. The molecule has 1 amide bonds. The van der Waals surface area contributed by atoms with Gasteiger partial charge in [0, 0.05) is 24.5 Å². The fraction of sp³-hybridized carbons (Fsp3) is 0.200. The number of hydrogen-bond acceptors (Lipinski definition) is 3. The van der Waals surface area contributed by atoms with Gasteiger partial charge in [0.2, 0.25) is 0 Å². The average Bonchev–Trinajstić information content (AvgIpc) is 3.14. The van der Waals surface area contributed by atoms with Crippen LogP contribution in [-0.4, -0.2) is 21.8 Å². The number of hydrogen-bond donors (Lipinski definition) is 1. The molecule has 8 heteroatoms. The van der Waals surface area contributed by atoms with Crippen LogP contribution in [0.15, 0.2) is 67.3 Å². The van der Waals surface area contributed by atoms with E-state index in [1.165, 1.54) is 24.3 Å². The average molecular weight is 389 g/mol. The number of nitrogens with one attached hydrogen (secondary N) is 1.